The summed E-state index contributed by atoms with van der Waals surface area (Å²) in [6.07, 6.45) is 5.64. The Hall–Kier alpha value is -2.75. The van der Waals surface area contributed by atoms with Crippen molar-refractivity contribution in [1.82, 2.24) is 4.90 Å². The van der Waals surface area contributed by atoms with E-state index < -0.39 is 31.0 Å². The zero-order valence-corrected chi connectivity index (χ0v) is 19.6. The maximum atomic E-state index is 12.5. The molecule has 178 valence electrons. The van der Waals surface area contributed by atoms with Crippen LogP contribution in [0.4, 0.5) is 5.00 Å². The zero-order valence-electron chi connectivity index (χ0n) is 18.8. The second-order valence-corrected chi connectivity index (χ2v) is 10.1. The van der Waals surface area contributed by atoms with E-state index in [0.717, 1.165) is 47.4 Å². The highest BCUT2D eigenvalue weighted by molar-refractivity contribution is 7.17. The Labute approximate surface area is 195 Å². The van der Waals surface area contributed by atoms with Gasteiger partial charge < -0.3 is 14.8 Å². The molecule has 1 saturated carbocycles. The van der Waals surface area contributed by atoms with Crippen molar-refractivity contribution in [2.75, 3.05) is 25.6 Å². The molecular formula is C23H28N2O7S. The lowest BCUT2D eigenvalue weighted by Crippen LogP contribution is -2.37. The molecule has 1 aromatic heterocycles. The second-order valence-electron chi connectivity index (χ2n) is 9.02. The fourth-order valence-electron chi connectivity index (χ4n) is 5.03. The number of imide groups is 1. The third-order valence-corrected chi connectivity index (χ3v) is 7.91. The molecule has 0 bridgehead atoms. The Morgan fingerprint density at radius 2 is 1.76 bits per heavy atom. The first-order chi connectivity index (χ1) is 15.8. The molecule has 0 radical (unpaired) electrons. The quantitative estimate of drug-likeness (QED) is 0.494. The van der Waals surface area contributed by atoms with Crippen LogP contribution in [0.25, 0.3) is 0 Å². The van der Waals surface area contributed by atoms with E-state index in [1.807, 2.05) is 0 Å². The number of rotatable bonds is 6. The average Bonchev–Trinajstić information content (AvgIpc) is 3.27. The Balaban J connectivity index is 1.35. The van der Waals surface area contributed by atoms with Crippen LogP contribution < -0.4 is 5.32 Å². The summed E-state index contributed by atoms with van der Waals surface area (Å²) in [6, 6.07) is 0. The molecule has 9 nitrogen and oxygen atoms in total. The van der Waals surface area contributed by atoms with E-state index >= 15 is 0 Å². The van der Waals surface area contributed by atoms with Crippen LogP contribution in [0.2, 0.25) is 0 Å². The number of ether oxygens (including phenoxy) is 2. The van der Waals surface area contributed by atoms with Crippen molar-refractivity contribution in [2.45, 2.75) is 51.9 Å². The topological polar surface area (TPSA) is 119 Å². The van der Waals surface area contributed by atoms with Gasteiger partial charge in [-0.1, -0.05) is 19.8 Å². The molecular weight excluding hydrogens is 448 g/mol. The summed E-state index contributed by atoms with van der Waals surface area (Å²) >= 11 is 1.34. The maximum absolute atomic E-state index is 12.5. The van der Waals surface area contributed by atoms with E-state index in [0.29, 0.717) is 29.3 Å². The van der Waals surface area contributed by atoms with Gasteiger partial charge in [0, 0.05) is 4.88 Å². The molecule has 2 aliphatic carbocycles. The molecule has 33 heavy (non-hydrogen) atoms. The molecule has 3 amide bonds. The van der Waals surface area contributed by atoms with Gasteiger partial charge in [0.2, 0.25) is 11.8 Å². The fourth-order valence-corrected chi connectivity index (χ4v) is 6.44. The van der Waals surface area contributed by atoms with Crippen molar-refractivity contribution in [3.8, 4) is 0 Å². The third-order valence-electron chi connectivity index (χ3n) is 6.74. The van der Waals surface area contributed by atoms with Gasteiger partial charge in [-0.2, -0.15) is 0 Å². The molecule has 1 N–H and O–H groups in total. The number of nitrogens with one attached hydrogen (secondary N) is 1. The van der Waals surface area contributed by atoms with Crippen LogP contribution >= 0.6 is 11.3 Å². The summed E-state index contributed by atoms with van der Waals surface area (Å²) in [6.45, 7) is 1.07. The van der Waals surface area contributed by atoms with Crippen LogP contribution in [0.3, 0.4) is 0 Å². The van der Waals surface area contributed by atoms with E-state index in [1.165, 1.54) is 18.4 Å². The normalized spacial score (nSPS) is 24.2. The van der Waals surface area contributed by atoms with Crippen LogP contribution in [-0.2, 0) is 41.5 Å². The molecule has 1 aromatic rings. The molecule has 1 saturated heterocycles. The molecule has 2 fully saturated rings. The van der Waals surface area contributed by atoms with Gasteiger partial charge in [-0.25, -0.2) is 4.79 Å². The minimum Gasteiger partial charge on any atom is -0.465 e. The predicted octanol–water partition coefficient (Wildman–Crippen LogP) is 2.32. The highest BCUT2D eigenvalue weighted by atomic mass is 32.1. The standard InChI is InChI=1S/C23H28N2O7S/c1-12-7-8-15-16(9-12)33-20(19(15)23(30)31-2)24-17(26)11-32-18(27)10-25-21(28)13-5-3-4-6-14(13)22(25)29/h12-14H,3-11H2,1-2H3,(H,24,26)/t12-,13+,14+/m0/s1. The summed E-state index contributed by atoms with van der Waals surface area (Å²) in [7, 11) is 1.29. The number of hydrogen-bond donors (Lipinski definition) is 1. The van der Waals surface area contributed by atoms with Gasteiger partial charge in [-0.3, -0.25) is 24.1 Å². The highest BCUT2D eigenvalue weighted by Gasteiger charge is 2.48. The minimum atomic E-state index is -0.821. The summed E-state index contributed by atoms with van der Waals surface area (Å²) in [5.74, 6) is -2.78. The van der Waals surface area contributed by atoms with Crippen LogP contribution in [0, 0.1) is 17.8 Å². The number of amides is 3. The first-order valence-corrected chi connectivity index (χ1v) is 12.1. The van der Waals surface area contributed by atoms with E-state index in [-0.39, 0.29) is 23.7 Å². The number of methoxy groups -OCH3 is 1. The lowest BCUT2D eigenvalue weighted by Gasteiger charge is -2.19. The first kappa shape index (κ1) is 23.4. The highest BCUT2D eigenvalue weighted by Crippen LogP contribution is 2.40. The van der Waals surface area contributed by atoms with Crippen molar-refractivity contribution >= 4 is 46.0 Å². The molecule has 1 aliphatic heterocycles. The van der Waals surface area contributed by atoms with Gasteiger partial charge in [0.15, 0.2) is 6.61 Å². The van der Waals surface area contributed by atoms with Gasteiger partial charge >= 0.3 is 11.9 Å². The molecule has 3 aliphatic rings. The number of nitrogens with zero attached hydrogens (tertiary/aromatic N) is 1. The minimum absolute atomic E-state index is 0.327. The summed E-state index contributed by atoms with van der Waals surface area (Å²) in [4.78, 5) is 64.0. The molecule has 3 atom stereocenters. The van der Waals surface area contributed by atoms with Crippen LogP contribution in [-0.4, -0.2) is 54.8 Å². The average molecular weight is 477 g/mol. The van der Waals surface area contributed by atoms with Crippen molar-refractivity contribution in [3.05, 3.63) is 16.0 Å². The second kappa shape index (κ2) is 9.62. The van der Waals surface area contributed by atoms with Crippen molar-refractivity contribution in [2.24, 2.45) is 17.8 Å². The number of likely N-dealkylation sites (tertiary alicyclic amines) is 1. The largest absolute Gasteiger partial charge is 0.465 e. The maximum Gasteiger partial charge on any atom is 0.341 e. The van der Waals surface area contributed by atoms with Gasteiger partial charge in [-0.15, -0.1) is 11.3 Å². The Morgan fingerprint density at radius 1 is 1.09 bits per heavy atom. The fraction of sp³-hybridized carbons (Fsp3) is 0.609. The van der Waals surface area contributed by atoms with Gasteiger partial charge in [0.05, 0.1) is 24.5 Å². The van der Waals surface area contributed by atoms with Gasteiger partial charge in [0.1, 0.15) is 11.5 Å². The zero-order chi connectivity index (χ0) is 23.7. The predicted molar refractivity (Wildman–Crippen MR) is 119 cm³/mol. The number of thiophene rings is 1. The van der Waals surface area contributed by atoms with E-state index in [2.05, 4.69) is 12.2 Å². The summed E-state index contributed by atoms with van der Waals surface area (Å²) in [5, 5.41) is 3.04. The number of anilines is 1. The Bertz CT molecular complexity index is 977. The summed E-state index contributed by atoms with van der Waals surface area (Å²) in [5.41, 5.74) is 1.27. The monoisotopic (exact) mass is 476 g/mol. The van der Waals surface area contributed by atoms with Crippen molar-refractivity contribution in [1.29, 1.82) is 0 Å². The van der Waals surface area contributed by atoms with Crippen LogP contribution in [0.15, 0.2) is 0 Å². The van der Waals surface area contributed by atoms with E-state index in [4.69, 9.17) is 9.47 Å². The number of carbonyl (C=O) groups is 5. The molecule has 4 rings (SSSR count). The molecule has 10 heteroatoms. The van der Waals surface area contributed by atoms with Crippen LogP contribution in [0.5, 0.6) is 0 Å². The van der Waals surface area contributed by atoms with Crippen LogP contribution in [0.1, 0.15) is 59.8 Å². The smallest absolute Gasteiger partial charge is 0.341 e. The van der Waals surface area contributed by atoms with E-state index in [9.17, 15) is 24.0 Å². The van der Waals surface area contributed by atoms with E-state index in [1.54, 1.807) is 0 Å². The molecule has 0 spiro atoms. The first-order valence-electron chi connectivity index (χ1n) is 11.3. The number of carbonyl (C=O) groups excluding carboxylic acids is 5. The third kappa shape index (κ3) is 4.66. The van der Waals surface area contributed by atoms with Crippen molar-refractivity contribution < 1.29 is 33.4 Å². The SMILES string of the molecule is COC(=O)c1c(NC(=O)COC(=O)CN2C(=O)[C@@H]3CCCC[C@H]3C2=O)sc2c1CC[C@H](C)C2. The Kier molecular flexibility index (Phi) is 6.83. The number of esters is 2. The summed E-state index contributed by atoms with van der Waals surface area (Å²) < 4.78 is 9.93. The number of fused-ring (bicyclic) bond motifs is 2. The lowest BCUT2D eigenvalue weighted by molar-refractivity contribution is -0.154. The molecule has 0 unspecified atom stereocenters. The molecule has 0 aromatic carbocycles. The van der Waals surface area contributed by atoms with Crippen molar-refractivity contribution in [3.63, 3.8) is 0 Å². The molecule has 2 heterocycles. The van der Waals surface area contributed by atoms with Gasteiger partial charge in [0.25, 0.3) is 5.91 Å². The number of hydrogen-bond acceptors (Lipinski definition) is 8. The Morgan fingerprint density at radius 3 is 2.39 bits per heavy atom. The van der Waals surface area contributed by atoms with Gasteiger partial charge in [-0.05, 0) is 43.6 Å². The lowest BCUT2D eigenvalue weighted by atomic mass is 9.81.